The van der Waals surface area contributed by atoms with Crippen LogP contribution in [0.15, 0.2) is 0 Å². The van der Waals surface area contributed by atoms with E-state index in [-0.39, 0.29) is 0 Å². The van der Waals surface area contributed by atoms with Gasteiger partial charge in [-0.2, -0.15) is 0 Å². The first-order valence-electron chi connectivity index (χ1n) is 1.71. The van der Waals surface area contributed by atoms with Gasteiger partial charge in [0.1, 0.15) is 0 Å². The van der Waals surface area contributed by atoms with E-state index in [9.17, 15) is 0 Å². The summed E-state index contributed by atoms with van der Waals surface area (Å²) in [7, 11) is 0. The zero-order valence-electron chi connectivity index (χ0n) is 2.91. The molecule has 0 saturated heterocycles. The zero-order valence-corrected chi connectivity index (χ0v) is 2.91. The van der Waals surface area contributed by atoms with Crippen molar-refractivity contribution >= 4 is 0 Å². The molecule has 24 valence electrons. The Kier molecular flexibility index (Phi) is 0.365. The Bertz CT molecular complexity index is 62.6. The number of rotatable bonds is 0. The molecule has 1 aliphatic carbocycles. The van der Waals surface area contributed by atoms with E-state index in [1.165, 1.54) is 5.92 Å². The highest BCUT2D eigenvalue weighted by molar-refractivity contribution is 5.24. The van der Waals surface area contributed by atoms with Crippen LogP contribution < -0.4 is 0 Å². The fraction of sp³-hybridized carbons (Fsp3) is 0.400. The van der Waals surface area contributed by atoms with Crippen molar-refractivity contribution in [2.24, 2.45) is 0 Å². The Balaban J connectivity index is 2.30. The van der Waals surface area contributed by atoms with E-state index in [0.29, 0.717) is 0 Å². The second-order valence-corrected chi connectivity index (χ2v) is 1.23. The van der Waals surface area contributed by atoms with Gasteiger partial charge in [-0.25, -0.2) is 0 Å². The predicted octanol–water partition coefficient (Wildman–Crippen LogP) is 0.944. The third kappa shape index (κ3) is 0.357. The summed E-state index contributed by atoms with van der Waals surface area (Å²) in [6.45, 7) is 0. The summed E-state index contributed by atoms with van der Waals surface area (Å²) in [5.74, 6) is 3.48. The van der Waals surface area contributed by atoms with Gasteiger partial charge in [-0.3, -0.25) is 0 Å². The van der Waals surface area contributed by atoms with Crippen LogP contribution in [-0.4, -0.2) is 0 Å². The summed E-state index contributed by atoms with van der Waals surface area (Å²) in [5.41, 5.74) is 0. The van der Waals surface area contributed by atoms with Crippen LogP contribution in [0, 0.1) is 18.3 Å². The summed E-state index contributed by atoms with van der Waals surface area (Å²) < 4.78 is 0. The van der Waals surface area contributed by atoms with Gasteiger partial charge in [0, 0.05) is 0 Å². The lowest BCUT2D eigenvalue weighted by Gasteiger charge is -1.57. The first-order chi connectivity index (χ1) is 2.43. The average Bonchev–Trinajstić information content (AvgIpc) is 2.12. The molecule has 5 heavy (non-hydrogen) atoms. The molecule has 0 aromatic carbocycles. The average molecular weight is 64.1 g/mol. The highest BCUT2D eigenvalue weighted by Crippen LogP contribution is 2.29. The maximum absolute atomic E-state index is 6.43. The summed E-state index contributed by atoms with van der Waals surface area (Å²) in [4.78, 5) is 0. The summed E-state index contributed by atoms with van der Waals surface area (Å²) in [6.07, 6.45) is 8.69. The van der Waals surface area contributed by atoms with Gasteiger partial charge in [-0.05, 0) is 25.2 Å². The predicted molar refractivity (Wildman–Crippen MR) is 19.6 cm³/mol. The van der Waals surface area contributed by atoms with Gasteiger partial charge in [-0.1, -0.05) is 5.92 Å². The van der Waals surface area contributed by atoms with Crippen molar-refractivity contribution in [3.63, 3.8) is 0 Å². The molecular weight excluding hydrogens is 60.1 g/mol. The van der Waals surface area contributed by atoms with E-state index in [1.54, 1.807) is 0 Å². The largest absolute Gasteiger partial charge is 0.0617 e. The van der Waals surface area contributed by atoms with Crippen molar-refractivity contribution in [3.05, 3.63) is 12.3 Å². The van der Waals surface area contributed by atoms with Gasteiger partial charge in [0.2, 0.25) is 0 Å². The van der Waals surface area contributed by atoms with E-state index in [1.807, 2.05) is 0 Å². The van der Waals surface area contributed by atoms with E-state index in [0.717, 1.165) is 12.8 Å². The Morgan fingerprint density at radius 2 is 2.20 bits per heavy atom. The fourth-order valence-electron chi connectivity index (χ4n) is 0.187. The van der Waals surface area contributed by atoms with Crippen LogP contribution in [0.4, 0.5) is 0 Å². The zero-order chi connectivity index (χ0) is 3.70. The minimum atomic E-state index is 1.13. The molecule has 0 bridgehead atoms. The molecule has 0 N–H and O–H groups in total. The van der Waals surface area contributed by atoms with E-state index < -0.39 is 0 Å². The third-order valence-electron chi connectivity index (χ3n) is 0.677. The Morgan fingerprint density at radius 1 is 1.60 bits per heavy atom. The van der Waals surface area contributed by atoms with Crippen molar-refractivity contribution in [1.29, 1.82) is 0 Å². The second kappa shape index (κ2) is 0.687. The van der Waals surface area contributed by atoms with Crippen LogP contribution in [0.25, 0.3) is 0 Å². The van der Waals surface area contributed by atoms with Crippen LogP contribution in [0.2, 0.25) is 0 Å². The monoisotopic (exact) mass is 64.0 g/mol. The number of hydrogen-bond donors (Lipinski definition) is 0. The van der Waals surface area contributed by atoms with Gasteiger partial charge in [0.25, 0.3) is 0 Å². The van der Waals surface area contributed by atoms with Gasteiger partial charge in [0.15, 0.2) is 0 Å². The first kappa shape index (κ1) is 2.66. The molecule has 0 aromatic rings. The van der Waals surface area contributed by atoms with Crippen molar-refractivity contribution in [2.45, 2.75) is 12.8 Å². The van der Waals surface area contributed by atoms with Gasteiger partial charge in [-0.15, -0.1) is 0 Å². The van der Waals surface area contributed by atoms with Crippen LogP contribution in [0.3, 0.4) is 0 Å². The molecule has 1 saturated carbocycles. The lowest BCUT2D eigenvalue weighted by atomic mass is 10.5. The maximum atomic E-state index is 6.43. The lowest BCUT2D eigenvalue weighted by molar-refractivity contribution is 1.50. The maximum Gasteiger partial charge on any atom is -0.0102 e. The molecule has 0 amide bonds. The number of hydrogen-bond acceptors (Lipinski definition) is 0. The quantitative estimate of drug-likeness (QED) is 0.290. The highest BCUT2D eigenvalue weighted by atomic mass is 14.2. The molecule has 0 aromatic heterocycles. The van der Waals surface area contributed by atoms with E-state index >= 15 is 0 Å². The van der Waals surface area contributed by atoms with Crippen LogP contribution in [0.5, 0.6) is 0 Å². The van der Waals surface area contributed by atoms with Crippen LogP contribution in [0.1, 0.15) is 12.8 Å². The van der Waals surface area contributed by atoms with E-state index in [4.69, 9.17) is 6.42 Å². The standard InChI is InChI=1S/C5H4/c1-2-5-3-4-5/h3-4H2. The normalized spacial score (nSPS) is 17.8. The molecule has 1 rings (SSSR count). The molecule has 1 aliphatic rings. The molecule has 0 radical (unpaired) electrons. The smallest absolute Gasteiger partial charge is 0.0102 e. The molecule has 0 aliphatic heterocycles. The van der Waals surface area contributed by atoms with Crippen LogP contribution >= 0.6 is 0 Å². The lowest BCUT2D eigenvalue weighted by Crippen LogP contribution is -1.47. The molecule has 0 unspecified atom stereocenters. The van der Waals surface area contributed by atoms with Crippen molar-refractivity contribution < 1.29 is 0 Å². The summed E-state index contributed by atoms with van der Waals surface area (Å²) in [5, 5.41) is 0. The SMILES string of the molecule is [C-]#C[C+]1CC1. The molecular formula is C5H4. The molecule has 1 fully saturated rings. The van der Waals surface area contributed by atoms with Crippen LogP contribution in [-0.2, 0) is 0 Å². The Morgan fingerprint density at radius 3 is 2.20 bits per heavy atom. The molecule has 0 spiro atoms. The van der Waals surface area contributed by atoms with Crippen molar-refractivity contribution in [2.75, 3.05) is 0 Å². The van der Waals surface area contributed by atoms with Gasteiger partial charge >= 0.3 is 0 Å². The topological polar surface area (TPSA) is 0 Å². The first-order valence-corrected chi connectivity index (χ1v) is 1.71. The van der Waals surface area contributed by atoms with Gasteiger partial charge < -0.3 is 0 Å². The molecule has 0 heterocycles. The third-order valence-corrected chi connectivity index (χ3v) is 0.677. The minimum absolute atomic E-state index is 1.13. The van der Waals surface area contributed by atoms with Crippen molar-refractivity contribution in [3.8, 4) is 5.92 Å². The highest BCUT2D eigenvalue weighted by Gasteiger charge is 2.16. The van der Waals surface area contributed by atoms with Crippen molar-refractivity contribution in [1.82, 2.24) is 0 Å². The molecule has 0 nitrogen and oxygen atoms in total. The Hall–Kier alpha value is -0.570. The van der Waals surface area contributed by atoms with E-state index in [2.05, 4.69) is 5.92 Å². The second-order valence-electron chi connectivity index (χ2n) is 1.23. The fourth-order valence-corrected chi connectivity index (χ4v) is 0.187. The van der Waals surface area contributed by atoms with Gasteiger partial charge in [0.05, 0.1) is 0 Å². The molecule has 0 heteroatoms. The Labute approximate surface area is 32.2 Å². The summed E-state index contributed by atoms with van der Waals surface area (Å²) >= 11 is 0. The minimum Gasteiger partial charge on any atom is -0.0617 e. The summed E-state index contributed by atoms with van der Waals surface area (Å²) in [6, 6.07) is 0. The molecule has 0 atom stereocenters.